The molecule has 0 saturated carbocycles. The summed E-state index contributed by atoms with van der Waals surface area (Å²) in [6.07, 6.45) is 3.35. The number of hydrogen-bond donors (Lipinski definition) is 1. The number of thioether (sulfide) groups is 1. The molecule has 7 nitrogen and oxygen atoms in total. The Labute approximate surface area is 185 Å². The number of likely N-dealkylation sites (tertiary alicyclic amines) is 1. The molecular formula is C23H25N5O2S. The minimum absolute atomic E-state index is 0.114. The minimum atomic E-state index is -0.114. The molecule has 1 aliphatic heterocycles. The fourth-order valence-electron chi connectivity index (χ4n) is 3.63. The number of amides is 2. The van der Waals surface area contributed by atoms with Crippen molar-refractivity contribution in [3.63, 3.8) is 0 Å². The van der Waals surface area contributed by atoms with Crippen LogP contribution in [0.4, 0.5) is 5.69 Å². The van der Waals surface area contributed by atoms with E-state index in [2.05, 4.69) is 15.5 Å². The second-order valence-corrected chi connectivity index (χ2v) is 8.41. The number of piperidine rings is 1. The number of carbonyl (C=O) groups is 2. The molecule has 2 heterocycles. The number of aromatic nitrogens is 3. The van der Waals surface area contributed by atoms with Crippen LogP contribution in [0.1, 0.15) is 26.2 Å². The molecule has 31 heavy (non-hydrogen) atoms. The van der Waals surface area contributed by atoms with Crippen LogP contribution in [0.2, 0.25) is 0 Å². The average molecular weight is 436 g/mol. The normalized spacial score (nSPS) is 13.8. The molecule has 2 aromatic carbocycles. The Kier molecular flexibility index (Phi) is 6.66. The van der Waals surface area contributed by atoms with Gasteiger partial charge in [-0.3, -0.25) is 14.2 Å². The zero-order valence-electron chi connectivity index (χ0n) is 17.5. The number of hydrogen-bond acceptors (Lipinski definition) is 5. The fraction of sp³-hybridized carbons (Fsp3) is 0.304. The van der Waals surface area contributed by atoms with Gasteiger partial charge < -0.3 is 10.2 Å². The van der Waals surface area contributed by atoms with Crippen molar-refractivity contribution in [2.24, 2.45) is 0 Å². The third-order valence-electron chi connectivity index (χ3n) is 5.14. The topological polar surface area (TPSA) is 80.1 Å². The summed E-state index contributed by atoms with van der Waals surface area (Å²) in [5, 5.41) is 12.3. The first kappa shape index (κ1) is 21.1. The third-order valence-corrected chi connectivity index (χ3v) is 6.06. The molecule has 8 heteroatoms. The summed E-state index contributed by atoms with van der Waals surface area (Å²) in [6.45, 7) is 3.17. The fourth-order valence-corrected chi connectivity index (χ4v) is 4.48. The largest absolute Gasteiger partial charge is 0.342 e. The Bertz CT molecular complexity index is 1040. The van der Waals surface area contributed by atoms with Crippen molar-refractivity contribution in [2.45, 2.75) is 31.3 Å². The molecule has 160 valence electrons. The lowest BCUT2D eigenvalue weighted by Crippen LogP contribution is -2.36. The Morgan fingerprint density at radius 2 is 1.68 bits per heavy atom. The van der Waals surface area contributed by atoms with E-state index in [1.807, 2.05) is 64.1 Å². The first-order valence-corrected chi connectivity index (χ1v) is 11.4. The van der Waals surface area contributed by atoms with E-state index in [0.29, 0.717) is 16.7 Å². The molecular weight excluding hydrogens is 410 g/mol. The van der Waals surface area contributed by atoms with Crippen LogP contribution in [-0.2, 0) is 9.59 Å². The number of nitrogens with one attached hydrogen (secondary N) is 1. The highest BCUT2D eigenvalue weighted by Gasteiger charge is 2.20. The summed E-state index contributed by atoms with van der Waals surface area (Å²) in [4.78, 5) is 25.9. The van der Waals surface area contributed by atoms with Gasteiger partial charge >= 0.3 is 0 Å². The molecule has 1 saturated heterocycles. The predicted octanol–water partition coefficient (Wildman–Crippen LogP) is 4.00. The molecule has 0 spiro atoms. The molecule has 0 bridgehead atoms. The van der Waals surface area contributed by atoms with Crippen LogP contribution in [0, 0.1) is 0 Å². The number of anilines is 1. The van der Waals surface area contributed by atoms with Gasteiger partial charge in [0.2, 0.25) is 11.8 Å². The lowest BCUT2D eigenvalue weighted by atomic mass is 10.1. The monoisotopic (exact) mass is 435 g/mol. The molecule has 3 aromatic rings. The molecule has 0 radical (unpaired) electrons. The lowest BCUT2D eigenvalue weighted by molar-refractivity contribution is -0.129. The van der Waals surface area contributed by atoms with Crippen LogP contribution in [-0.4, -0.2) is 50.3 Å². The number of nitrogens with zero attached hydrogens (tertiary/aromatic N) is 4. The van der Waals surface area contributed by atoms with Crippen molar-refractivity contribution in [1.82, 2.24) is 19.7 Å². The number of para-hydroxylation sites is 1. The quantitative estimate of drug-likeness (QED) is 0.592. The van der Waals surface area contributed by atoms with Crippen molar-refractivity contribution in [3.8, 4) is 17.1 Å². The van der Waals surface area contributed by atoms with Gasteiger partial charge in [-0.05, 0) is 55.7 Å². The number of benzene rings is 2. The first-order chi connectivity index (χ1) is 15.1. The van der Waals surface area contributed by atoms with Crippen molar-refractivity contribution in [1.29, 1.82) is 0 Å². The van der Waals surface area contributed by atoms with Gasteiger partial charge in [-0.1, -0.05) is 30.0 Å². The molecule has 1 N–H and O–H groups in total. The molecule has 0 aliphatic carbocycles. The zero-order chi connectivity index (χ0) is 21.6. The summed E-state index contributed by atoms with van der Waals surface area (Å²) >= 11 is 1.41. The van der Waals surface area contributed by atoms with Gasteiger partial charge in [0.15, 0.2) is 11.0 Å². The van der Waals surface area contributed by atoms with E-state index < -0.39 is 0 Å². The molecule has 1 fully saturated rings. The summed E-state index contributed by atoms with van der Waals surface area (Å²) in [7, 11) is 0. The second-order valence-electron chi connectivity index (χ2n) is 7.47. The van der Waals surface area contributed by atoms with E-state index in [1.54, 1.807) is 0 Å². The maximum Gasteiger partial charge on any atom is 0.233 e. The van der Waals surface area contributed by atoms with Gasteiger partial charge in [-0.15, -0.1) is 10.2 Å². The van der Waals surface area contributed by atoms with Gasteiger partial charge in [0.05, 0.1) is 5.75 Å². The SMILES string of the molecule is CC(=O)Nc1ccc(-c2nnc(SCC(=O)N3CCCCC3)n2-c2ccccc2)cc1. The molecule has 4 rings (SSSR count). The predicted molar refractivity (Wildman–Crippen MR) is 122 cm³/mol. The van der Waals surface area contributed by atoms with E-state index in [0.717, 1.165) is 42.9 Å². The van der Waals surface area contributed by atoms with Gasteiger partial charge in [-0.2, -0.15) is 0 Å². The van der Waals surface area contributed by atoms with E-state index in [4.69, 9.17) is 0 Å². The first-order valence-electron chi connectivity index (χ1n) is 10.4. The maximum atomic E-state index is 12.6. The highest BCUT2D eigenvalue weighted by molar-refractivity contribution is 7.99. The van der Waals surface area contributed by atoms with Crippen LogP contribution in [0.3, 0.4) is 0 Å². The van der Waals surface area contributed by atoms with Crippen LogP contribution >= 0.6 is 11.8 Å². The van der Waals surface area contributed by atoms with Crippen LogP contribution < -0.4 is 5.32 Å². The lowest BCUT2D eigenvalue weighted by Gasteiger charge is -2.26. The summed E-state index contributed by atoms with van der Waals surface area (Å²) in [6, 6.07) is 17.4. The molecule has 1 aromatic heterocycles. The summed E-state index contributed by atoms with van der Waals surface area (Å²) in [5.74, 6) is 1.06. The van der Waals surface area contributed by atoms with E-state index in [1.165, 1.54) is 25.1 Å². The van der Waals surface area contributed by atoms with Crippen LogP contribution in [0.25, 0.3) is 17.1 Å². The number of carbonyl (C=O) groups excluding carboxylic acids is 2. The highest BCUT2D eigenvalue weighted by Crippen LogP contribution is 2.29. The van der Waals surface area contributed by atoms with E-state index in [9.17, 15) is 9.59 Å². The van der Waals surface area contributed by atoms with Crippen molar-refractivity contribution in [3.05, 3.63) is 54.6 Å². The zero-order valence-corrected chi connectivity index (χ0v) is 18.3. The molecule has 2 amide bonds. The second kappa shape index (κ2) is 9.78. The van der Waals surface area contributed by atoms with Gasteiger partial charge in [0, 0.05) is 37.0 Å². The van der Waals surface area contributed by atoms with Crippen LogP contribution in [0.15, 0.2) is 59.8 Å². The highest BCUT2D eigenvalue weighted by atomic mass is 32.2. The van der Waals surface area contributed by atoms with Crippen molar-refractivity contribution >= 4 is 29.3 Å². The molecule has 1 aliphatic rings. The number of rotatable bonds is 6. The Morgan fingerprint density at radius 3 is 2.35 bits per heavy atom. The minimum Gasteiger partial charge on any atom is -0.342 e. The van der Waals surface area contributed by atoms with E-state index >= 15 is 0 Å². The molecule has 0 unspecified atom stereocenters. The average Bonchev–Trinajstić information content (AvgIpc) is 3.22. The Hall–Kier alpha value is -3.13. The van der Waals surface area contributed by atoms with Crippen LogP contribution in [0.5, 0.6) is 0 Å². The summed E-state index contributed by atoms with van der Waals surface area (Å²) < 4.78 is 1.97. The van der Waals surface area contributed by atoms with Gasteiger partial charge in [-0.25, -0.2) is 0 Å². The third kappa shape index (κ3) is 5.14. The van der Waals surface area contributed by atoms with Gasteiger partial charge in [0.1, 0.15) is 0 Å². The van der Waals surface area contributed by atoms with Crippen molar-refractivity contribution in [2.75, 3.05) is 24.2 Å². The standard InChI is InChI=1S/C23H25N5O2S/c1-17(29)24-19-12-10-18(11-13-19)22-25-26-23(28(22)20-8-4-2-5-9-20)31-16-21(30)27-14-6-3-7-15-27/h2,4-5,8-13H,3,6-7,14-16H2,1H3,(H,24,29). The molecule has 0 atom stereocenters. The smallest absolute Gasteiger partial charge is 0.233 e. The van der Waals surface area contributed by atoms with E-state index in [-0.39, 0.29) is 11.8 Å². The van der Waals surface area contributed by atoms with Gasteiger partial charge in [0.25, 0.3) is 0 Å². The summed E-state index contributed by atoms with van der Waals surface area (Å²) in [5.41, 5.74) is 2.53. The Morgan fingerprint density at radius 1 is 0.968 bits per heavy atom. The maximum absolute atomic E-state index is 12.6. The Balaban J connectivity index is 1.60. The van der Waals surface area contributed by atoms with Crippen molar-refractivity contribution < 1.29 is 9.59 Å².